The van der Waals surface area contributed by atoms with Gasteiger partial charge in [-0.05, 0) is 6.07 Å². The van der Waals surface area contributed by atoms with Crippen molar-refractivity contribution in [3.8, 4) is 0 Å². The maximum atomic E-state index is 12.3. The average molecular weight is 379 g/mol. The number of hydrogen-bond donors (Lipinski definition) is 1. The fourth-order valence-corrected chi connectivity index (χ4v) is 3.30. The number of fused-ring (bicyclic) bond motifs is 1. The van der Waals surface area contributed by atoms with Crippen LogP contribution in [0.5, 0.6) is 0 Å². The van der Waals surface area contributed by atoms with Crippen molar-refractivity contribution in [1.82, 2.24) is 24.9 Å². The maximum absolute atomic E-state index is 12.3. The van der Waals surface area contributed by atoms with Crippen LogP contribution < -0.4 is 5.32 Å². The van der Waals surface area contributed by atoms with E-state index in [-0.39, 0.29) is 24.0 Å². The highest BCUT2D eigenvalue weighted by molar-refractivity contribution is 5.78. The van der Waals surface area contributed by atoms with Gasteiger partial charge in [0, 0.05) is 19.5 Å². The molecule has 3 amide bonds. The Morgan fingerprint density at radius 1 is 1.37 bits per heavy atom. The summed E-state index contributed by atoms with van der Waals surface area (Å²) in [5.41, 5.74) is 1.79. The van der Waals surface area contributed by atoms with Crippen LogP contribution in [0.15, 0.2) is 6.07 Å². The molecule has 150 valence electrons. The lowest BCUT2D eigenvalue weighted by molar-refractivity contribution is -0.136. The maximum Gasteiger partial charge on any atom is 0.317 e. The highest BCUT2D eigenvalue weighted by atomic mass is 16.6. The second-order valence-corrected chi connectivity index (χ2v) is 7.37. The van der Waals surface area contributed by atoms with Gasteiger partial charge in [0.2, 0.25) is 5.91 Å². The summed E-state index contributed by atoms with van der Waals surface area (Å²) in [5.74, 6) is 0.153. The van der Waals surface area contributed by atoms with Crippen LogP contribution in [0.4, 0.5) is 4.79 Å². The SMILES string of the molecule is CC(C)C(=O)N1CCn2nc(CNC(=O)N(C)C[C@H]3COCCO3)cc2C1. The number of nitrogens with one attached hydrogen (secondary N) is 1. The fourth-order valence-electron chi connectivity index (χ4n) is 3.30. The molecular weight excluding hydrogens is 350 g/mol. The summed E-state index contributed by atoms with van der Waals surface area (Å²) in [5, 5.41) is 7.42. The molecule has 0 saturated carbocycles. The van der Waals surface area contributed by atoms with Crippen LogP contribution in [-0.4, -0.2) is 77.6 Å². The number of aromatic nitrogens is 2. The minimum atomic E-state index is -0.174. The van der Waals surface area contributed by atoms with Crippen molar-refractivity contribution in [1.29, 1.82) is 0 Å². The van der Waals surface area contributed by atoms with Crippen LogP contribution in [0.25, 0.3) is 0 Å². The van der Waals surface area contributed by atoms with Crippen LogP contribution in [0.1, 0.15) is 25.2 Å². The fraction of sp³-hybridized carbons (Fsp3) is 0.722. The van der Waals surface area contributed by atoms with Gasteiger partial charge in [-0.3, -0.25) is 9.48 Å². The first-order valence-corrected chi connectivity index (χ1v) is 9.46. The first-order chi connectivity index (χ1) is 12.9. The van der Waals surface area contributed by atoms with Gasteiger partial charge in [-0.25, -0.2) is 4.79 Å². The number of ether oxygens (including phenoxy) is 2. The summed E-state index contributed by atoms with van der Waals surface area (Å²) in [6.45, 7) is 8.26. The molecule has 9 nitrogen and oxygen atoms in total. The molecular formula is C18H29N5O4. The Labute approximate surface area is 159 Å². The van der Waals surface area contributed by atoms with Gasteiger partial charge in [0.15, 0.2) is 0 Å². The van der Waals surface area contributed by atoms with Crippen LogP contribution in [0.3, 0.4) is 0 Å². The molecule has 0 aromatic carbocycles. The smallest absolute Gasteiger partial charge is 0.317 e. The van der Waals surface area contributed by atoms with E-state index in [0.717, 1.165) is 11.4 Å². The minimum absolute atomic E-state index is 0.00712. The molecule has 2 aliphatic heterocycles. The van der Waals surface area contributed by atoms with E-state index in [2.05, 4.69) is 10.4 Å². The summed E-state index contributed by atoms with van der Waals surface area (Å²) in [6.07, 6.45) is -0.0844. The zero-order valence-electron chi connectivity index (χ0n) is 16.3. The number of nitrogens with zero attached hydrogens (tertiary/aromatic N) is 4. The molecule has 9 heteroatoms. The largest absolute Gasteiger partial charge is 0.376 e. The Morgan fingerprint density at radius 2 is 2.19 bits per heavy atom. The van der Waals surface area contributed by atoms with Crippen molar-refractivity contribution in [3.63, 3.8) is 0 Å². The molecule has 1 atom stereocenters. The van der Waals surface area contributed by atoms with Crippen molar-refractivity contribution in [2.45, 2.75) is 39.6 Å². The minimum Gasteiger partial charge on any atom is -0.376 e. The predicted octanol–water partition coefficient (Wildman–Crippen LogP) is 0.438. The van der Waals surface area contributed by atoms with E-state index in [1.807, 2.05) is 29.5 Å². The Hall–Kier alpha value is -2.13. The molecule has 1 aromatic heterocycles. The Kier molecular flexibility index (Phi) is 6.33. The van der Waals surface area contributed by atoms with Crippen LogP contribution >= 0.6 is 0 Å². The molecule has 0 bridgehead atoms. The van der Waals surface area contributed by atoms with Crippen molar-refractivity contribution in [2.24, 2.45) is 5.92 Å². The van der Waals surface area contributed by atoms with Gasteiger partial charge < -0.3 is 24.6 Å². The number of carbonyl (C=O) groups is 2. The molecule has 3 heterocycles. The van der Waals surface area contributed by atoms with Gasteiger partial charge in [0.1, 0.15) is 0 Å². The van der Waals surface area contributed by atoms with Gasteiger partial charge in [-0.1, -0.05) is 13.8 Å². The summed E-state index contributed by atoms with van der Waals surface area (Å²) in [6, 6.07) is 1.78. The van der Waals surface area contributed by atoms with Gasteiger partial charge in [-0.15, -0.1) is 0 Å². The molecule has 2 aliphatic rings. The predicted molar refractivity (Wildman–Crippen MR) is 97.9 cm³/mol. The monoisotopic (exact) mass is 379 g/mol. The lowest BCUT2D eigenvalue weighted by Crippen LogP contribution is -2.44. The van der Waals surface area contributed by atoms with Crippen LogP contribution in [-0.2, 0) is 33.9 Å². The van der Waals surface area contributed by atoms with E-state index >= 15 is 0 Å². The lowest BCUT2D eigenvalue weighted by atomic mass is 10.1. The summed E-state index contributed by atoms with van der Waals surface area (Å²) >= 11 is 0. The van der Waals surface area contributed by atoms with Gasteiger partial charge in [0.05, 0.1) is 63.5 Å². The molecule has 0 radical (unpaired) electrons. The van der Waals surface area contributed by atoms with Crippen molar-refractivity contribution in [2.75, 3.05) is 40.0 Å². The average Bonchev–Trinajstić information content (AvgIpc) is 3.08. The highest BCUT2D eigenvalue weighted by Gasteiger charge is 2.24. The van der Waals surface area contributed by atoms with E-state index in [4.69, 9.17) is 9.47 Å². The summed E-state index contributed by atoms with van der Waals surface area (Å²) in [7, 11) is 1.74. The van der Waals surface area contributed by atoms with Crippen molar-refractivity contribution < 1.29 is 19.1 Å². The Bertz CT molecular complexity index is 669. The lowest BCUT2D eigenvalue weighted by Gasteiger charge is -2.29. The molecule has 1 aromatic rings. The first-order valence-electron chi connectivity index (χ1n) is 9.46. The standard InChI is InChI=1S/C18H29N5O4/c1-13(2)17(24)22-4-5-23-15(10-22)8-14(20-23)9-19-18(25)21(3)11-16-12-26-6-7-27-16/h8,13,16H,4-7,9-12H2,1-3H3,(H,19,25)/t16-/m0/s1. The second-order valence-electron chi connectivity index (χ2n) is 7.37. The number of rotatable bonds is 5. The zero-order chi connectivity index (χ0) is 19.4. The molecule has 0 spiro atoms. The zero-order valence-corrected chi connectivity index (χ0v) is 16.3. The van der Waals surface area contributed by atoms with Gasteiger partial charge in [0.25, 0.3) is 0 Å². The summed E-state index contributed by atoms with van der Waals surface area (Å²) in [4.78, 5) is 27.9. The van der Waals surface area contributed by atoms with Crippen molar-refractivity contribution >= 4 is 11.9 Å². The van der Waals surface area contributed by atoms with Gasteiger partial charge in [-0.2, -0.15) is 5.10 Å². The third-order valence-corrected chi connectivity index (χ3v) is 4.78. The molecule has 1 saturated heterocycles. The molecule has 1 N–H and O–H groups in total. The number of carbonyl (C=O) groups excluding carboxylic acids is 2. The number of likely N-dealkylation sites (N-methyl/N-ethyl adjacent to an activating group) is 1. The van der Waals surface area contributed by atoms with E-state index in [0.29, 0.717) is 52.5 Å². The van der Waals surface area contributed by atoms with E-state index < -0.39 is 0 Å². The van der Waals surface area contributed by atoms with E-state index in [9.17, 15) is 9.59 Å². The van der Waals surface area contributed by atoms with E-state index in [1.54, 1.807) is 11.9 Å². The topological polar surface area (TPSA) is 88.9 Å². The molecule has 1 fully saturated rings. The normalized spacial score (nSPS) is 19.7. The highest BCUT2D eigenvalue weighted by Crippen LogP contribution is 2.16. The molecule has 3 rings (SSSR count). The van der Waals surface area contributed by atoms with Gasteiger partial charge >= 0.3 is 6.03 Å². The van der Waals surface area contributed by atoms with Crippen molar-refractivity contribution in [3.05, 3.63) is 17.5 Å². The first kappa shape index (κ1) is 19.6. The summed E-state index contributed by atoms with van der Waals surface area (Å²) < 4.78 is 12.8. The van der Waals surface area contributed by atoms with Crippen LogP contribution in [0, 0.1) is 5.92 Å². The molecule has 27 heavy (non-hydrogen) atoms. The number of amides is 3. The van der Waals surface area contributed by atoms with E-state index in [1.165, 1.54) is 0 Å². The Balaban J connectivity index is 1.49. The second kappa shape index (κ2) is 8.71. The molecule has 0 unspecified atom stereocenters. The third-order valence-electron chi connectivity index (χ3n) is 4.78. The number of urea groups is 1. The number of hydrogen-bond acceptors (Lipinski definition) is 5. The molecule has 0 aliphatic carbocycles. The Morgan fingerprint density at radius 3 is 2.89 bits per heavy atom. The quantitative estimate of drug-likeness (QED) is 0.802. The van der Waals surface area contributed by atoms with Crippen LogP contribution in [0.2, 0.25) is 0 Å². The third kappa shape index (κ3) is 4.98.